The molecule has 1 aromatic carbocycles. The molecule has 2 heterocycles. The van der Waals surface area contributed by atoms with E-state index in [0.717, 1.165) is 26.1 Å². The largest absolute Gasteiger partial charge is 0.315 e. The van der Waals surface area contributed by atoms with Gasteiger partial charge in [0.1, 0.15) is 0 Å². The first-order valence-corrected chi connectivity index (χ1v) is 7.04. The van der Waals surface area contributed by atoms with Crippen LogP contribution in [0.1, 0.15) is 27.1 Å². The van der Waals surface area contributed by atoms with Gasteiger partial charge in [0.25, 0.3) is 11.8 Å². The Bertz CT molecular complexity index is 508. The van der Waals surface area contributed by atoms with Crippen molar-refractivity contribution >= 4 is 24.2 Å². The van der Waals surface area contributed by atoms with Crippen LogP contribution in [0, 0.1) is 0 Å². The van der Waals surface area contributed by atoms with Crippen molar-refractivity contribution in [2.45, 2.75) is 12.5 Å². The number of carbonyl (C=O) groups excluding carboxylic acids is 2. The Kier molecular flexibility index (Phi) is 4.98. The quantitative estimate of drug-likeness (QED) is 0.843. The van der Waals surface area contributed by atoms with Crippen LogP contribution in [0.2, 0.25) is 0 Å². The molecular weight excluding hydrogens is 290 g/mol. The van der Waals surface area contributed by atoms with Gasteiger partial charge in [0.05, 0.1) is 11.1 Å². The van der Waals surface area contributed by atoms with E-state index in [0.29, 0.717) is 23.7 Å². The summed E-state index contributed by atoms with van der Waals surface area (Å²) in [6.45, 7) is 3.21. The van der Waals surface area contributed by atoms with Crippen molar-refractivity contribution in [2.75, 3.05) is 33.2 Å². The summed E-state index contributed by atoms with van der Waals surface area (Å²) < 4.78 is 0. The van der Waals surface area contributed by atoms with Crippen molar-refractivity contribution in [2.24, 2.45) is 0 Å². The lowest BCUT2D eigenvalue weighted by atomic mass is 10.1. The van der Waals surface area contributed by atoms with Gasteiger partial charge in [-0.25, -0.2) is 0 Å². The molecule has 3 rings (SSSR count). The number of amides is 2. The first-order valence-electron chi connectivity index (χ1n) is 7.04. The first kappa shape index (κ1) is 15.9. The maximum Gasteiger partial charge on any atom is 0.261 e. The highest BCUT2D eigenvalue weighted by Crippen LogP contribution is 2.22. The number of carbonyl (C=O) groups is 2. The molecule has 0 saturated carbocycles. The fraction of sp³-hybridized carbons (Fsp3) is 0.467. The Hall–Kier alpha value is -1.43. The van der Waals surface area contributed by atoms with Crippen LogP contribution in [0.4, 0.5) is 0 Å². The van der Waals surface area contributed by atoms with E-state index in [2.05, 4.69) is 17.3 Å². The van der Waals surface area contributed by atoms with E-state index in [4.69, 9.17) is 0 Å². The van der Waals surface area contributed by atoms with Crippen molar-refractivity contribution in [1.29, 1.82) is 0 Å². The number of benzene rings is 1. The molecule has 1 saturated heterocycles. The zero-order chi connectivity index (χ0) is 14.1. The van der Waals surface area contributed by atoms with E-state index in [9.17, 15) is 9.59 Å². The molecule has 0 radical (unpaired) electrons. The topological polar surface area (TPSA) is 52.7 Å². The highest BCUT2D eigenvalue weighted by Gasteiger charge is 2.35. The van der Waals surface area contributed by atoms with Gasteiger partial charge in [-0.3, -0.25) is 14.5 Å². The average Bonchev–Trinajstić information content (AvgIpc) is 3.07. The normalized spacial score (nSPS) is 20.9. The number of hydrogen-bond donors (Lipinski definition) is 1. The second kappa shape index (κ2) is 6.56. The van der Waals surface area contributed by atoms with Crippen LogP contribution in [0.3, 0.4) is 0 Å². The van der Waals surface area contributed by atoms with Gasteiger partial charge >= 0.3 is 0 Å². The predicted octanol–water partition coefficient (Wildman–Crippen LogP) is 0.998. The highest BCUT2D eigenvalue weighted by molar-refractivity contribution is 6.21. The summed E-state index contributed by atoms with van der Waals surface area (Å²) in [5.74, 6) is -0.327. The number of likely N-dealkylation sites (N-methyl/N-ethyl adjacent to an activating group) is 1. The summed E-state index contributed by atoms with van der Waals surface area (Å²) in [4.78, 5) is 28.0. The van der Waals surface area contributed by atoms with Crippen LogP contribution in [0.15, 0.2) is 24.3 Å². The van der Waals surface area contributed by atoms with Crippen molar-refractivity contribution in [3.8, 4) is 0 Å². The zero-order valence-electron chi connectivity index (χ0n) is 12.0. The number of rotatable bonds is 4. The van der Waals surface area contributed by atoms with Gasteiger partial charge < -0.3 is 10.2 Å². The molecule has 2 aliphatic rings. The minimum atomic E-state index is -0.163. The molecule has 0 bridgehead atoms. The number of halogens is 1. The second-order valence-corrected chi connectivity index (χ2v) is 5.43. The number of fused-ring (bicyclic) bond motifs is 1. The minimum Gasteiger partial charge on any atom is -0.315 e. The van der Waals surface area contributed by atoms with Crippen molar-refractivity contribution in [3.05, 3.63) is 35.4 Å². The predicted molar refractivity (Wildman–Crippen MR) is 83.0 cm³/mol. The molecule has 5 nitrogen and oxygen atoms in total. The molecule has 0 aliphatic carbocycles. The van der Waals surface area contributed by atoms with Crippen LogP contribution in [0.5, 0.6) is 0 Å². The van der Waals surface area contributed by atoms with Crippen LogP contribution in [0.25, 0.3) is 0 Å². The molecule has 2 amide bonds. The van der Waals surface area contributed by atoms with Crippen molar-refractivity contribution in [3.63, 3.8) is 0 Å². The minimum absolute atomic E-state index is 0. The number of imide groups is 1. The molecule has 2 aliphatic heterocycles. The van der Waals surface area contributed by atoms with Crippen molar-refractivity contribution in [1.82, 2.24) is 15.1 Å². The van der Waals surface area contributed by atoms with Gasteiger partial charge in [0.15, 0.2) is 0 Å². The Labute approximate surface area is 130 Å². The fourth-order valence-corrected chi connectivity index (χ4v) is 2.90. The monoisotopic (exact) mass is 309 g/mol. The summed E-state index contributed by atoms with van der Waals surface area (Å²) in [6, 6.07) is 7.54. The Morgan fingerprint density at radius 1 is 1.24 bits per heavy atom. The van der Waals surface area contributed by atoms with Crippen LogP contribution in [-0.4, -0.2) is 60.9 Å². The Morgan fingerprint density at radius 3 is 2.38 bits per heavy atom. The van der Waals surface area contributed by atoms with Gasteiger partial charge in [0.2, 0.25) is 0 Å². The second-order valence-electron chi connectivity index (χ2n) is 5.43. The molecule has 1 aromatic rings. The summed E-state index contributed by atoms with van der Waals surface area (Å²) in [5, 5.41) is 3.32. The number of nitrogens with zero attached hydrogens (tertiary/aromatic N) is 2. The fourth-order valence-electron chi connectivity index (χ4n) is 2.90. The smallest absolute Gasteiger partial charge is 0.261 e. The maximum atomic E-state index is 12.2. The van der Waals surface area contributed by atoms with Gasteiger partial charge in [-0.15, -0.1) is 12.4 Å². The molecule has 0 aromatic heterocycles. The summed E-state index contributed by atoms with van der Waals surface area (Å²) in [6.07, 6.45) is 1.12. The van der Waals surface area contributed by atoms with E-state index in [1.807, 2.05) is 0 Å². The van der Waals surface area contributed by atoms with Gasteiger partial charge in [-0.05, 0) is 32.1 Å². The standard InChI is InChI=1S/C15H19N3O2.ClH/c1-17(11-6-7-16-10-11)8-9-18-14(19)12-4-2-3-5-13(12)15(18)20;/h2-5,11,16H,6-10H2,1H3;1H. The lowest BCUT2D eigenvalue weighted by molar-refractivity contribution is 0.0634. The summed E-state index contributed by atoms with van der Waals surface area (Å²) >= 11 is 0. The Balaban J connectivity index is 0.00000161. The number of nitrogens with one attached hydrogen (secondary N) is 1. The molecule has 0 spiro atoms. The molecule has 1 atom stereocenters. The van der Waals surface area contributed by atoms with Crippen LogP contribution >= 0.6 is 12.4 Å². The third-order valence-electron chi connectivity index (χ3n) is 4.21. The molecule has 114 valence electrons. The summed E-state index contributed by atoms with van der Waals surface area (Å²) in [7, 11) is 2.05. The third-order valence-corrected chi connectivity index (χ3v) is 4.21. The van der Waals surface area contributed by atoms with Crippen LogP contribution in [-0.2, 0) is 0 Å². The van der Waals surface area contributed by atoms with Gasteiger partial charge in [0, 0.05) is 25.7 Å². The third kappa shape index (κ3) is 2.95. The molecule has 6 heteroatoms. The SMILES string of the molecule is CN(CCN1C(=O)c2ccccc2C1=O)C1CCNC1.Cl. The van der Waals surface area contributed by atoms with Gasteiger partial charge in [-0.2, -0.15) is 0 Å². The van der Waals surface area contributed by atoms with E-state index < -0.39 is 0 Å². The lowest BCUT2D eigenvalue weighted by Gasteiger charge is -2.25. The van der Waals surface area contributed by atoms with E-state index in [1.54, 1.807) is 24.3 Å². The molecule has 1 fully saturated rings. The van der Waals surface area contributed by atoms with Gasteiger partial charge in [-0.1, -0.05) is 12.1 Å². The van der Waals surface area contributed by atoms with E-state index >= 15 is 0 Å². The van der Waals surface area contributed by atoms with E-state index in [1.165, 1.54) is 4.90 Å². The summed E-state index contributed by atoms with van der Waals surface area (Å²) in [5.41, 5.74) is 1.06. The molecule has 1 unspecified atom stereocenters. The highest BCUT2D eigenvalue weighted by atomic mass is 35.5. The molecular formula is C15H20ClN3O2. The zero-order valence-corrected chi connectivity index (χ0v) is 12.9. The first-order chi connectivity index (χ1) is 9.68. The maximum absolute atomic E-state index is 12.2. The van der Waals surface area contributed by atoms with E-state index in [-0.39, 0.29) is 24.2 Å². The Morgan fingerprint density at radius 2 is 1.86 bits per heavy atom. The lowest BCUT2D eigenvalue weighted by Crippen LogP contribution is -2.41. The molecule has 1 N–H and O–H groups in total. The average molecular weight is 310 g/mol. The number of hydrogen-bond acceptors (Lipinski definition) is 4. The van der Waals surface area contributed by atoms with Crippen LogP contribution < -0.4 is 5.32 Å². The molecule has 21 heavy (non-hydrogen) atoms. The van der Waals surface area contributed by atoms with Crippen molar-refractivity contribution < 1.29 is 9.59 Å².